The highest BCUT2D eigenvalue weighted by molar-refractivity contribution is 5.95. The smallest absolute Gasteiger partial charge is 0.325 e. The number of rotatable bonds is 6. The van der Waals surface area contributed by atoms with Gasteiger partial charge in [0.1, 0.15) is 19.0 Å². The Labute approximate surface area is 133 Å². The van der Waals surface area contributed by atoms with Crippen molar-refractivity contribution < 1.29 is 18.7 Å². The third kappa shape index (κ3) is 5.74. The van der Waals surface area contributed by atoms with Gasteiger partial charge in [0.15, 0.2) is 0 Å². The fourth-order valence-corrected chi connectivity index (χ4v) is 1.82. The summed E-state index contributed by atoms with van der Waals surface area (Å²) in [4.78, 5) is 23.2. The second-order valence-corrected chi connectivity index (χ2v) is 4.69. The third-order valence-electron chi connectivity index (χ3n) is 2.93. The molecule has 0 atom stereocenters. The molecule has 0 unspecified atom stereocenters. The Balaban J connectivity index is 1.71. The molecule has 0 spiro atoms. The molecule has 0 aromatic heterocycles. The van der Waals surface area contributed by atoms with E-state index in [1.165, 1.54) is 18.2 Å². The maximum absolute atomic E-state index is 13.0. The number of hydrogen-bond acceptors (Lipinski definition) is 3. The van der Waals surface area contributed by atoms with Gasteiger partial charge in [-0.05, 0) is 29.8 Å². The fraction of sp³-hybridized carbons (Fsp3) is 0.111. The molecule has 2 aromatic rings. The number of carbonyl (C=O) groups excluding carboxylic acids is 2. The third-order valence-corrected chi connectivity index (χ3v) is 2.93. The first kappa shape index (κ1) is 16.4. The molecule has 1 N–H and O–H groups in total. The van der Waals surface area contributed by atoms with Crippen molar-refractivity contribution in [1.82, 2.24) is 5.32 Å². The van der Waals surface area contributed by atoms with Crippen LogP contribution in [-0.4, -0.2) is 25.0 Å². The number of amides is 1. The quantitative estimate of drug-likeness (QED) is 0.834. The summed E-state index contributed by atoms with van der Waals surface area (Å²) in [6.45, 7) is -0.155. The maximum Gasteiger partial charge on any atom is 0.325 e. The average molecular weight is 313 g/mol. The molecule has 0 aliphatic rings. The summed E-state index contributed by atoms with van der Waals surface area (Å²) in [5, 5.41) is 2.38. The number of carbonyl (C=O) groups is 2. The minimum atomic E-state index is -0.563. The van der Waals surface area contributed by atoms with Crippen molar-refractivity contribution in [3.05, 3.63) is 77.6 Å². The van der Waals surface area contributed by atoms with Gasteiger partial charge in [-0.1, -0.05) is 42.5 Å². The molecule has 1 amide bonds. The van der Waals surface area contributed by atoms with Gasteiger partial charge in [0.2, 0.25) is 0 Å². The monoisotopic (exact) mass is 313 g/mol. The molecular formula is C18H16FNO3. The lowest BCUT2D eigenvalue weighted by molar-refractivity contribution is -0.141. The van der Waals surface area contributed by atoms with Gasteiger partial charge in [-0.2, -0.15) is 0 Å². The van der Waals surface area contributed by atoms with Crippen LogP contribution in [0.15, 0.2) is 60.7 Å². The van der Waals surface area contributed by atoms with Crippen LogP contribution in [0.25, 0.3) is 6.08 Å². The molecule has 5 heteroatoms. The Bertz CT molecular complexity index is 698. The van der Waals surface area contributed by atoms with E-state index in [0.717, 1.165) is 11.6 Å². The Kier molecular flexibility index (Phi) is 6.06. The zero-order valence-corrected chi connectivity index (χ0v) is 12.4. The minimum Gasteiger partial charge on any atom is -0.460 e. The Hall–Kier alpha value is -2.95. The Morgan fingerprint density at radius 3 is 2.61 bits per heavy atom. The van der Waals surface area contributed by atoms with Crippen LogP contribution in [0.5, 0.6) is 0 Å². The predicted octanol–water partition coefficient (Wildman–Crippen LogP) is 2.81. The van der Waals surface area contributed by atoms with Crippen LogP contribution in [-0.2, 0) is 9.53 Å². The molecule has 0 bridgehead atoms. The summed E-state index contributed by atoms with van der Waals surface area (Å²) >= 11 is 0. The van der Waals surface area contributed by atoms with E-state index in [1.807, 2.05) is 36.4 Å². The number of halogens is 1. The van der Waals surface area contributed by atoms with Crippen LogP contribution < -0.4 is 5.32 Å². The maximum atomic E-state index is 13.0. The molecular weight excluding hydrogens is 297 g/mol. The van der Waals surface area contributed by atoms with Crippen molar-refractivity contribution in [3.8, 4) is 0 Å². The number of nitrogens with one attached hydrogen (secondary N) is 1. The molecule has 2 aromatic carbocycles. The van der Waals surface area contributed by atoms with Crippen molar-refractivity contribution in [2.75, 3.05) is 13.2 Å². The van der Waals surface area contributed by atoms with E-state index < -0.39 is 17.7 Å². The summed E-state index contributed by atoms with van der Waals surface area (Å²) in [6.07, 6.45) is 3.54. The van der Waals surface area contributed by atoms with Crippen LogP contribution in [0.2, 0.25) is 0 Å². The van der Waals surface area contributed by atoms with Gasteiger partial charge in [0, 0.05) is 5.56 Å². The number of hydrogen-bond donors (Lipinski definition) is 1. The number of ether oxygens (including phenoxy) is 1. The summed E-state index contributed by atoms with van der Waals surface area (Å²) < 4.78 is 18.0. The van der Waals surface area contributed by atoms with Crippen LogP contribution in [0.1, 0.15) is 15.9 Å². The minimum absolute atomic E-state index is 0.115. The molecule has 2 rings (SSSR count). The first-order chi connectivity index (χ1) is 11.1. The second-order valence-electron chi connectivity index (χ2n) is 4.69. The molecule has 0 fully saturated rings. The molecule has 0 saturated carbocycles. The lowest BCUT2D eigenvalue weighted by atomic mass is 10.2. The molecule has 118 valence electrons. The first-order valence-electron chi connectivity index (χ1n) is 7.06. The van der Waals surface area contributed by atoms with E-state index >= 15 is 0 Å². The highest BCUT2D eigenvalue weighted by atomic mass is 19.1. The summed E-state index contributed by atoms with van der Waals surface area (Å²) in [7, 11) is 0. The molecule has 0 aliphatic heterocycles. The predicted molar refractivity (Wildman–Crippen MR) is 85.2 cm³/mol. The van der Waals surface area contributed by atoms with Crippen molar-refractivity contribution in [2.24, 2.45) is 0 Å². The second kappa shape index (κ2) is 8.48. The van der Waals surface area contributed by atoms with E-state index in [4.69, 9.17) is 4.74 Å². The molecule has 0 radical (unpaired) electrons. The standard InChI is InChI=1S/C18H16FNO3/c19-16-10-4-9-15(12-16)18(22)20-13-17(21)23-11-5-8-14-6-2-1-3-7-14/h1-10,12H,11,13H2,(H,20,22)/b8-5+. The van der Waals surface area contributed by atoms with Gasteiger partial charge >= 0.3 is 5.97 Å². The number of esters is 1. The lowest BCUT2D eigenvalue weighted by Gasteiger charge is -2.05. The van der Waals surface area contributed by atoms with Crippen LogP contribution in [0, 0.1) is 5.82 Å². The van der Waals surface area contributed by atoms with Crippen molar-refractivity contribution in [2.45, 2.75) is 0 Å². The Morgan fingerprint density at radius 2 is 1.87 bits per heavy atom. The van der Waals surface area contributed by atoms with Gasteiger partial charge < -0.3 is 10.1 Å². The highest BCUT2D eigenvalue weighted by Crippen LogP contribution is 2.03. The summed E-state index contributed by atoms with van der Waals surface area (Å²) in [6, 6.07) is 14.8. The zero-order valence-electron chi connectivity index (χ0n) is 12.4. The molecule has 23 heavy (non-hydrogen) atoms. The van der Waals surface area contributed by atoms with Crippen molar-refractivity contribution >= 4 is 18.0 Å². The van der Waals surface area contributed by atoms with Crippen LogP contribution in [0.3, 0.4) is 0 Å². The van der Waals surface area contributed by atoms with Gasteiger partial charge in [-0.3, -0.25) is 9.59 Å². The largest absolute Gasteiger partial charge is 0.460 e. The highest BCUT2D eigenvalue weighted by Gasteiger charge is 2.08. The topological polar surface area (TPSA) is 55.4 Å². The normalized spacial score (nSPS) is 10.5. The Morgan fingerprint density at radius 1 is 1.09 bits per heavy atom. The van der Waals surface area contributed by atoms with E-state index in [9.17, 15) is 14.0 Å². The summed E-state index contributed by atoms with van der Waals surface area (Å²) in [5.74, 6) is -1.60. The molecule has 0 heterocycles. The van der Waals surface area contributed by atoms with E-state index in [0.29, 0.717) is 0 Å². The SMILES string of the molecule is O=C(CNC(=O)c1cccc(F)c1)OC/C=C/c1ccccc1. The van der Waals surface area contributed by atoms with Crippen molar-refractivity contribution in [1.29, 1.82) is 0 Å². The lowest BCUT2D eigenvalue weighted by Crippen LogP contribution is -2.30. The van der Waals surface area contributed by atoms with Gasteiger partial charge in [0.05, 0.1) is 0 Å². The average Bonchev–Trinajstić information content (AvgIpc) is 2.57. The van der Waals surface area contributed by atoms with Gasteiger partial charge in [-0.25, -0.2) is 4.39 Å². The number of benzene rings is 2. The van der Waals surface area contributed by atoms with E-state index in [-0.39, 0.29) is 18.7 Å². The van der Waals surface area contributed by atoms with Crippen LogP contribution in [0.4, 0.5) is 4.39 Å². The van der Waals surface area contributed by atoms with Crippen LogP contribution >= 0.6 is 0 Å². The van der Waals surface area contributed by atoms with Gasteiger partial charge in [0.25, 0.3) is 5.91 Å². The van der Waals surface area contributed by atoms with Gasteiger partial charge in [-0.15, -0.1) is 0 Å². The van der Waals surface area contributed by atoms with Crippen molar-refractivity contribution in [3.63, 3.8) is 0 Å². The summed E-state index contributed by atoms with van der Waals surface area (Å²) in [5.41, 5.74) is 1.16. The molecule has 0 saturated heterocycles. The van der Waals surface area contributed by atoms with E-state index in [2.05, 4.69) is 5.32 Å². The van der Waals surface area contributed by atoms with E-state index in [1.54, 1.807) is 6.08 Å². The first-order valence-corrected chi connectivity index (χ1v) is 7.06. The zero-order chi connectivity index (χ0) is 16.5. The fourth-order valence-electron chi connectivity index (χ4n) is 1.82. The molecule has 0 aliphatic carbocycles. The molecule has 4 nitrogen and oxygen atoms in total.